The molecule has 0 rings (SSSR count). The van der Waals surface area contributed by atoms with E-state index in [-0.39, 0.29) is 0 Å². The van der Waals surface area contributed by atoms with Gasteiger partial charge in [0.25, 0.3) is 0 Å². The molecule has 0 amide bonds. The summed E-state index contributed by atoms with van der Waals surface area (Å²) in [6.45, 7) is 6.57. The summed E-state index contributed by atoms with van der Waals surface area (Å²) in [5, 5.41) is 6.65. The first-order valence-electron chi connectivity index (χ1n) is 4.58. The van der Waals surface area contributed by atoms with Crippen molar-refractivity contribution in [3.8, 4) is 0 Å². The third-order valence-corrected chi connectivity index (χ3v) is 2.04. The van der Waals surface area contributed by atoms with Crippen molar-refractivity contribution in [2.45, 2.75) is 33.1 Å². The van der Waals surface area contributed by atoms with E-state index in [1.807, 2.05) is 7.05 Å². The van der Waals surface area contributed by atoms with Crippen LogP contribution in [0.2, 0.25) is 0 Å². The summed E-state index contributed by atoms with van der Waals surface area (Å²) in [7, 11) is 6.16. The maximum Gasteiger partial charge on any atom is 0.0627 e. The van der Waals surface area contributed by atoms with Gasteiger partial charge in [0.1, 0.15) is 0 Å². The van der Waals surface area contributed by atoms with Crippen molar-refractivity contribution in [1.29, 1.82) is 0 Å². The zero-order chi connectivity index (χ0) is 9.72. The second-order valence-electron chi connectivity index (χ2n) is 3.83. The van der Waals surface area contributed by atoms with E-state index in [1.165, 1.54) is 0 Å². The van der Waals surface area contributed by atoms with Crippen LogP contribution in [0.4, 0.5) is 0 Å². The Kier molecular flexibility index (Phi) is 5.46. The highest BCUT2D eigenvalue weighted by molar-refractivity contribution is 4.69. The molecular formula is C9H23N3. The van der Waals surface area contributed by atoms with Crippen molar-refractivity contribution in [3.63, 3.8) is 0 Å². The highest BCUT2D eigenvalue weighted by atomic mass is 15.3. The summed E-state index contributed by atoms with van der Waals surface area (Å²) < 4.78 is 0. The van der Waals surface area contributed by atoms with Gasteiger partial charge in [-0.1, -0.05) is 13.8 Å². The van der Waals surface area contributed by atoms with Gasteiger partial charge in [-0.2, -0.15) is 0 Å². The topological polar surface area (TPSA) is 27.3 Å². The number of nitrogens with zero attached hydrogens (tertiary/aromatic N) is 1. The first-order chi connectivity index (χ1) is 5.49. The quantitative estimate of drug-likeness (QED) is 0.599. The lowest BCUT2D eigenvalue weighted by Crippen LogP contribution is -2.52. The summed E-state index contributed by atoms with van der Waals surface area (Å²) in [5.41, 5.74) is 0. The molecule has 0 radical (unpaired) electrons. The Labute approximate surface area is 76.5 Å². The van der Waals surface area contributed by atoms with Crippen molar-refractivity contribution < 1.29 is 0 Å². The van der Waals surface area contributed by atoms with E-state index in [0.717, 1.165) is 0 Å². The van der Waals surface area contributed by atoms with Crippen LogP contribution in [0.1, 0.15) is 20.8 Å². The fraction of sp³-hybridized carbons (Fsp3) is 1.00. The average molecular weight is 173 g/mol. The van der Waals surface area contributed by atoms with Crippen molar-refractivity contribution in [3.05, 3.63) is 0 Å². The number of rotatable bonds is 5. The van der Waals surface area contributed by atoms with Gasteiger partial charge in [0, 0.05) is 0 Å². The van der Waals surface area contributed by atoms with Gasteiger partial charge >= 0.3 is 0 Å². The maximum atomic E-state index is 3.48. The zero-order valence-corrected chi connectivity index (χ0v) is 9.18. The number of hydrogen-bond acceptors (Lipinski definition) is 3. The average Bonchev–Trinajstić information content (AvgIpc) is 1.98. The second-order valence-corrected chi connectivity index (χ2v) is 3.83. The fourth-order valence-electron chi connectivity index (χ4n) is 1.28. The summed E-state index contributed by atoms with van der Waals surface area (Å²) in [5.74, 6) is 0.621. The van der Waals surface area contributed by atoms with Crippen molar-refractivity contribution in [1.82, 2.24) is 15.5 Å². The molecule has 0 aromatic carbocycles. The number of nitrogens with one attached hydrogen (secondary N) is 2. The smallest absolute Gasteiger partial charge is 0.0627 e. The molecule has 0 saturated carbocycles. The molecule has 0 fully saturated rings. The van der Waals surface area contributed by atoms with E-state index in [2.05, 4.69) is 50.4 Å². The van der Waals surface area contributed by atoms with E-state index in [0.29, 0.717) is 18.2 Å². The molecule has 0 saturated heterocycles. The van der Waals surface area contributed by atoms with Gasteiger partial charge in [-0.25, -0.2) is 0 Å². The Morgan fingerprint density at radius 3 is 1.83 bits per heavy atom. The summed E-state index contributed by atoms with van der Waals surface area (Å²) in [6.07, 6.45) is 0.798. The summed E-state index contributed by atoms with van der Waals surface area (Å²) in [6, 6.07) is 0. The molecule has 3 nitrogen and oxygen atoms in total. The molecular weight excluding hydrogens is 150 g/mol. The molecule has 3 heteroatoms. The van der Waals surface area contributed by atoms with Gasteiger partial charge in [0.15, 0.2) is 0 Å². The van der Waals surface area contributed by atoms with Crippen LogP contribution in [0.5, 0.6) is 0 Å². The molecule has 2 unspecified atom stereocenters. The monoisotopic (exact) mass is 173 g/mol. The van der Waals surface area contributed by atoms with Gasteiger partial charge in [-0.15, -0.1) is 0 Å². The van der Waals surface area contributed by atoms with Gasteiger partial charge in [0.2, 0.25) is 0 Å². The molecule has 12 heavy (non-hydrogen) atoms. The molecule has 0 heterocycles. The Balaban J connectivity index is 3.95. The van der Waals surface area contributed by atoms with Crippen LogP contribution < -0.4 is 10.6 Å². The normalized spacial score (nSPS) is 17.0. The largest absolute Gasteiger partial charge is 0.305 e. The third kappa shape index (κ3) is 4.04. The second kappa shape index (κ2) is 5.51. The first-order valence-corrected chi connectivity index (χ1v) is 4.58. The minimum atomic E-state index is 0.361. The Morgan fingerprint density at radius 2 is 1.58 bits per heavy atom. The van der Waals surface area contributed by atoms with Gasteiger partial charge < -0.3 is 5.32 Å². The van der Waals surface area contributed by atoms with Crippen LogP contribution in [0, 0.1) is 5.92 Å². The zero-order valence-electron chi connectivity index (χ0n) is 9.18. The first kappa shape index (κ1) is 11.9. The van der Waals surface area contributed by atoms with E-state index in [1.54, 1.807) is 0 Å². The highest BCUT2D eigenvalue weighted by Gasteiger charge is 2.16. The van der Waals surface area contributed by atoms with E-state index < -0.39 is 0 Å². The van der Waals surface area contributed by atoms with E-state index in [9.17, 15) is 0 Å². The lowest BCUT2D eigenvalue weighted by molar-refractivity contribution is 0.168. The molecule has 74 valence electrons. The van der Waals surface area contributed by atoms with Crippen molar-refractivity contribution in [2.24, 2.45) is 5.92 Å². The van der Waals surface area contributed by atoms with E-state index in [4.69, 9.17) is 0 Å². The van der Waals surface area contributed by atoms with Crippen LogP contribution in [0.25, 0.3) is 0 Å². The maximum absolute atomic E-state index is 3.48. The molecule has 0 aliphatic rings. The van der Waals surface area contributed by atoms with Crippen molar-refractivity contribution >= 4 is 0 Å². The predicted molar refractivity (Wildman–Crippen MR) is 54.0 cm³/mol. The third-order valence-electron chi connectivity index (χ3n) is 2.04. The molecule has 0 spiro atoms. The molecule has 0 aliphatic carbocycles. The molecule has 2 N–H and O–H groups in total. The predicted octanol–water partition coefficient (Wildman–Crippen LogP) is 0.685. The SMILES string of the molecule is CNC(C)NC(C(C)C)N(C)C. The van der Waals surface area contributed by atoms with E-state index >= 15 is 0 Å². The molecule has 2 atom stereocenters. The Bertz CT molecular complexity index is 104. The number of hydrogen-bond donors (Lipinski definition) is 2. The van der Waals surface area contributed by atoms with Crippen LogP contribution in [0.15, 0.2) is 0 Å². The molecule has 0 bridgehead atoms. The molecule has 0 aromatic heterocycles. The Hall–Kier alpha value is -0.120. The van der Waals surface area contributed by atoms with Crippen LogP contribution in [-0.4, -0.2) is 38.4 Å². The van der Waals surface area contributed by atoms with Crippen LogP contribution in [-0.2, 0) is 0 Å². The minimum absolute atomic E-state index is 0.361. The van der Waals surface area contributed by atoms with Crippen molar-refractivity contribution in [2.75, 3.05) is 21.1 Å². The molecule has 0 aromatic rings. The van der Waals surface area contributed by atoms with Crippen LogP contribution in [0.3, 0.4) is 0 Å². The van der Waals surface area contributed by atoms with Crippen LogP contribution >= 0.6 is 0 Å². The Morgan fingerprint density at radius 1 is 1.08 bits per heavy atom. The molecule has 0 aliphatic heterocycles. The summed E-state index contributed by atoms with van der Waals surface area (Å²) in [4.78, 5) is 2.21. The fourth-order valence-corrected chi connectivity index (χ4v) is 1.28. The lowest BCUT2D eigenvalue weighted by atomic mass is 10.1. The lowest BCUT2D eigenvalue weighted by Gasteiger charge is -2.31. The van der Waals surface area contributed by atoms with Gasteiger partial charge in [0.05, 0.1) is 12.3 Å². The standard InChI is InChI=1S/C9H23N3/c1-7(2)9(12(5)6)11-8(3)10-4/h7-11H,1-6H3. The highest BCUT2D eigenvalue weighted by Crippen LogP contribution is 2.03. The minimum Gasteiger partial charge on any atom is -0.305 e. The van der Waals surface area contributed by atoms with Gasteiger partial charge in [-0.3, -0.25) is 10.2 Å². The van der Waals surface area contributed by atoms with Gasteiger partial charge in [-0.05, 0) is 34.0 Å². The summed E-state index contributed by atoms with van der Waals surface area (Å²) >= 11 is 0.